The average molecular weight is 211 g/mol. The van der Waals surface area contributed by atoms with Crippen molar-refractivity contribution in [2.45, 2.75) is 6.42 Å². The van der Waals surface area contributed by atoms with Gasteiger partial charge in [0, 0.05) is 6.20 Å². The zero-order valence-electron chi connectivity index (χ0n) is 7.45. The zero-order chi connectivity index (χ0) is 10.6. The van der Waals surface area contributed by atoms with E-state index in [0.717, 1.165) is 0 Å². The molecule has 0 aliphatic carbocycles. The molecule has 0 bridgehead atoms. The topological polar surface area (TPSA) is 63.0 Å². The van der Waals surface area contributed by atoms with Crippen molar-refractivity contribution >= 4 is 17.6 Å². The molecule has 0 aromatic carbocycles. The van der Waals surface area contributed by atoms with E-state index in [0.29, 0.717) is 5.56 Å². The standard InChI is InChI=1S/C9H7ClN2O2/c1-14-9(13)3-6-2-7(10)8(4-11)12-5-6/h2,5H,3H2,1H3. The second kappa shape index (κ2) is 4.58. The number of halogens is 1. The monoisotopic (exact) mass is 210 g/mol. The number of carbonyl (C=O) groups is 1. The Morgan fingerprint density at radius 3 is 3.00 bits per heavy atom. The summed E-state index contributed by atoms with van der Waals surface area (Å²) < 4.78 is 4.48. The molecule has 0 saturated carbocycles. The van der Waals surface area contributed by atoms with Crippen LogP contribution in [-0.4, -0.2) is 18.1 Å². The number of methoxy groups -OCH3 is 1. The van der Waals surface area contributed by atoms with Crippen LogP contribution in [0.1, 0.15) is 11.3 Å². The fourth-order valence-corrected chi connectivity index (χ4v) is 1.13. The summed E-state index contributed by atoms with van der Waals surface area (Å²) in [4.78, 5) is 14.7. The predicted molar refractivity (Wildman–Crippen MR) is 49.7 cm³/mol. The second-order valence-electron chi connectivity index (χ2n) is 2.54. The van der Waals surface area contributed by atoms with Gasteiger partial charge in [0.15, 0.2) is 5.69 Å². The van der Waals surface area contributed by atoms with E-state index in [4.69, 9.17) is 16.9 Å². The Bertz CT molecular complexity index is 398. The molecule has 0 fully saturated rings. The molecule has 0 radical (unpaired) electrons. The molecule has 0 spiro atoms. The predicted octanol–water partition coefficient (Wildman–Crippen LogP) is 1.32. The molecule has 0 aliphatic heterocycles. The highest BCUT2D eigenvalue weighted by Crippen LogP contribution is 2.14. The molecule has 5 heteroatoms. The van der Waals surface area contributed by atoms with Gasteiger partial charge in [-0.1, -0.05) is 11.6 Å². The maximum absolute atomic E-state index is 10.9. The van der Waals surface area contributed by atoms with Gasteiger partial charge < -0.3 is 4.74 Å². The number of aromatic nitrogens is 1. The minimum Gasteiger partial charge on any atom is -0.469 e. The van der Waals surface area contributed by atoms with E-state index in [-0.39, 0.29) is 23.1 Å². The third kappa shape index (κ3) is 2.44. The van der Waals surface area contributed by atoms with Crippen LogP contribution in [0.4, 0.5) is 0 Å². The first-order valence-corrected chi connectivity index (χ1v) is 4.16. The van der Waals surface area contributed by atoms with Crippen LogP contribution in [0.2, 0.25) is 5.02 Å². The van der Waals surface area contributed by atoms with Crippen LogP contribution in [0, 0.1) is 11.3 Å². The molecule has 0 amide bonds. The van der Waals surface area contributed by atoms with Crippen molar-refractivity contribution in [1.82, 2.24) is 4.98 Å². The van der Waals surface area contributed by atoms with Crippen molar-refractivity contribution in [2.75, 3.05) is 7.11 Å². The van der Waals surface area contributed by atoms with E-state index in [1.165, 1.54) is 19.4 Å². The third-order valence-corrected chi connectivity index (χ3v) is 1.87. The molecule has 1 aromatic rings. The molecule has 72 valence electrons. The summed E-state index contributed by atoms with van der Waals surface area (Å²) in [6.45, 7) is 0. The van der Waals surface area contributed by atoms with Gasteiger partial charge in [0.2, 0.25) is 0 Å². The molecule has 0 unspecified atom stereocenters. The van der Waals surface area contributed by atoms with Crippen molar-refractivity contribution in [3.8, 4) is 6.07 Å². The summed E-state index contributed by atoms with van der Waals surface area (Å²) in [5, 5.41) is 8.79. The number of esters is 1. The van der Waals surface area contributed by atoms with Crippen LogP contribution in [0.25, 0.3) is 0 Å². The smallest absolute Gasteiger partial charge is 0.310 e. The zero-order valence-corrected chi connectivity index (χ0v) is 8.21. The Morgan fingerprint density at radius 1 is 1.79 bits per heavy atom. The summed E-state index contributed by atoms with van der Waals surface area (Å²) >= 11 is 5.72. The maximum atomic E-state index is 10.9. The number of rotatable bonds is 2. The first-order valence-electron chi connectivity index (χ1n) is 3.78. The van der Waals surface area contributed by atoms with Crippen LogP contribution in [0.15, 0.2) is 12.3 Å². The van der Waals surface area contributed by atoms with E-state index in [2.05, 4.69) is 9.72 Å². The minimum atomic E-state index is -0.368. The summed E-state index contributed by atoms with van der Waals surface area (Å²) in [6.07, 6.45) is 1.54. The Balaban J connectivity index is 2.88. The van der Waals surface area contributed by atoms with Crippen molar-refractivity contribution in [2.24, 2.45) is 0 Å². The SMILES string of the molecule is COC(=O)Cc1cnc(C#N)c(Cl)c1. The lowest BCUT2D eigenvalue weighted by Gasteiger charge is -2.00. The lowest BCUT2D eigenvalue weighted by Crippen LogP contribution is -2.05. The number of pyridine rings is 1. The summed E-state index contributed by atoms with van der Waals surface area (Å²) in [5.74, 6) is -0.368. The Labute approximate surface area is 86.1 Å². The van der Waals surface area contributed by atoms with Crippen LogP contribution in [-0.2, 0) is 16.0 Å². The van der Waals surface area contributed by atoms with Gasteiger partial charge in [0.25, 0.3) is 0 Å². The molecule has 1 heterocycles. The molecule has 14 heavy (non-hydrogen) atoms. The van der Waals surface area contributed by atoms with Crippen molar-refractivity contribution in [1.29, 1.82) is 5.26 Å². The molecule has 0 saturated heterocycles. The maximum Gasteiger partial charge on any atom is 0.310 e. The summed E-state index contributed by atoms with van der Waals surface area (Å²) in [7, 11) is 1.31. The lowest BCUT2D eigenvalue weighted by atomic mass is 10.2. The van der Waals surface area contributed by atoms with E-state index >= 15 is 0 Å². The van der Waals surface area contributed by atoms with Gasteiger partial charge in [0.1, 0.15) is 6.07 Å². The Morgan fingerprint density at radius 2 is 2.50 bits per heavy atom. The first kappa shape index (κ1) is 10.5. The van der Waals surface area contributed by atoms with Gasteiger partial charge in [-0.2, -0.15) is 5.26 Å². The molecule has 0 N–H and O–H groups in total. The Hall–Kier alpha value is -1.60. The van der Waals surface area contributed by atoms with E-state index in [9.17, 15) is 4.79 Å². The fraction of sp³-hybridized carbons (Fsp3) is 0.222. The first-order chi connectivity index (χ1) is 6.67. The number of nitriles is 1. The van der Waals surface area contributed by atoms with Crippen LogP contribution in [0.5, 0.6) is 0 Å². The Kier molecular flexibility index (Phi) is 3.43. The van der Waals surface area contributed by atoms with Crippen LogP contribution in [0.3, 0.4) is 0 Å². The van der Waals surface area contributed by atoms with Crippen LogP contribution >= 0.6 is 11.6 Å². The highest BCUT2D eigenvalue weighted by atomic mass is 35.5. The van der Waals surface area contributed by atoms with Gasteiger partial charge in [-0.25, -0.2) is 4.98 Å². The van der Waals surface area contributed by atoms with E-state index < -0.39 is 0 Å². The highest BCUT2D eigenvalue weighted by Gasteiger charge is 2.06. The molecular formula is C9H7ClN2O2. The number of hydrogen-bond acceptors (Lipinski definition) is 4. The van der Waals surface area contributed by atoms with E-state index in [1.54, 1.807) is 0 Å². The van der Waals surface area contributed by atoms with Gasteiger partial charge in [0.05, 0.1) is 18.6 Å². The van der Waals surface area contributed by atoms with Crippen molar-refractivity contribution < 1.29 is 9.53 Å². The van der Waals surface area contributed by atoms with Gasteiger partial charge >= 0.3 is 5.97 Å². The average Bonchev–Trinajstić information content (AvgIpc) is 2.18. The molecule has 1 rings (SSSR count). The number of nitrogens with zero attached hydrogens (tertiary/aromatic N) is 2. The molecule has 1 aromatic heterocycles. The number of hydrogen-bond donors (Lipinski definition) is 0. The quantitative estimate of drug-likeness (QED) is 0.691. The minimum absolute atomic E-state index is 0.106. The van der Waals surface area contributed by atoms with Gasteiger partial charge in [-0.05, 0) is 11.6 Å². The lowest BCUT2D eigenvalue weighted by molar-refractivity contribution is -0.139. The third-order valence-electron chi connectivity index (χ3n) is 1.58. The van der Waals surface area contributed by atoms with Crippen molar-refractivity contribution in [3.05, 3.63) is 28.5 Å². The van der Waals surface area contributed by atoms with Crippen molar-refractivity contribution in [3.63, 3.8) is 0 Å². The molecular weight excluding hydrogens is 204 g/mol. The highest BCUT2D eigenvalue weighted by molar-refractivity contribution is 6.31. The van der Waals surface area contributed by atoms with Gasteiger partial charge in [-0.3, -0.25) is 4.79 Å². The molecule has 0 atom stereocenters. The van der Waals surface area contributed by atoms with E-state index in [1.807, 2.05) is 6.07 Å². The largest absolute Gasteiger partial charge is 0.469 e. The summed E-state index contributed by atoms with van der Waals surface area (Å²) in [6, 6.07) is 3.36. The number of ether oxygens (including phenoxy) is 1. The molecule has 4 nitrogen and oxygen atoms in total. The normalized spacial score (nSPS) is 9.21. The number of carbonyl (C=O) groups excluding carboxylic acids is 1. The fourth-order valence-electron chi connectivity index (χ4n) is 0.895. The molecule has 0 aliphatic rings. The van der Waals surface area contributed by atoms with Crippen LogP contribution < -0.4 is 0 Å². The summed E-state index contributed by atoms with van der Waals surface area (Å²) in [5.41, 5.74) is 0.779. The second-order valence-corrected chi connectivity index (χ2v) is 2.95. The van der Waals surface area contributed by atoms with Gasteiger partial charge in [-0.15, -0.1) is 0 Å².